The molecule has 0 aromatic heterocycles. The predicted octanol–water partition coefficient (Wildman–Crippen LogP) is 1.32. The standard InChI is InChI=1S/C15H21N3O2/c1-16-15(20)17-14(19)8-10-18-9-7-13(11-18)12-5-3-2-4-6-12/h2-6,13H,7-11H2,1H3,(H2,16,17,19,20). The van der Waals surface area contributed by atoms with Crippen LogP contribution in [0.1, 0.15) is 24.3 Å². The third-order valence-corrected chi connectivity index (χ3v) is 3.68. The summed E-state index contributed by atoms with van der Waals surface area (Å²) in [6.07, 6.45) is 1.48. The number of likely N-dealkylation sites (tertiary alicyclic amines) is 1. The Labute approximate surface area is 119 Å². The van der Waals surface area contributed by atoms with Crippen molar-refractivity contribution in [1.29, 1.82) is 0 Å². The van der Waals surface area contributed by atoms with Gasteiger partial charge in [0, 0.05) is 26.6 Å². The number of nitrogens with one attached hydrogen (secondary N) is 2. The largest absolute Gasteiger partial charge is 0.341 e. The highest BCUT2D eigenvalue weighted by Crippen LogP contribution is 2.26. The van der Waals surface area contributed by atoms with Gasteiger partial charge in [-0.2, -0.15) is 0 Å². The molecule has 2 rings (SSSR count). The summed E-state index contributed by atoms with van der Waals surface area (Å²) >= 11 is 0. The highest BCUT2D eigenvalue weighted by molar-refractivity contribution is 5.94. The first kappa shape index (κ1) is 14.5. The first-order valence-electron chi connectivity index (χ1n) is 6.98. The van der Waals surface area contributed by atoms with E-state index < -0.39 is 6.03 Å². The molecule has 0 aliphatic carbocycles. The molecule has 0 spiro atoms. The normalized spacial score (nSPS) is 18.8. The minimum atomic E-state index is -0.446. The first-order valence-corrected chi connectivity index (χ1v) is 6.98. The van der Waals surface area contributed by atoms with Crippen LogP contribution >= 0.6 is 0 Å². The van der Waals surface area contributed by atoms with Gasteiger partial charge in [-0.3, -0.25) is 10.1 Å². The molecule has 1 aliphatic rings. The summed E-state index contributed by atoms with van der Waals surface area (Å²) in [5.41, 5.74) is 1.37. The lowest BCUT2D eigenvalue weighted by Gasteiger charge is -2.15. The zero-order chi connectivity index (χ0) is 14.4. The van der Waals surface area contributed by atoms with Crippen LogP contribution in [0.2, 0.25) is 0 Å². The van der Waals surface area contributed by atoms with Crippen molar-refractivity contribution in [3.05, 3.63) is 35.9 Å². The van der Waals surface area contributed by atoms with Gasteiger partial charge in [0.2, 0.25) is 5.91 Å². The number of nitrogens with zero attached hydrogens (tertiary/aromatic N) is 1. The number of amides is 3. The van der Waals surface area contributed by atoms with E-state index in [1.165, 1.54) is 12.6 Å². The first-order chi connectivity index (χ1) is 9.69. The summed E-state index contributed by atoms with van der Waals surface area (Å²) in [6.45, 7) is 2.69. The second-order valence-electron chi connectivity index (χ2n) is 5.07. The maximum absolute atomic E-state index is 11.5. The van der Waals surface area contributed by atoms with Crippen LogP contribution in [0.25, 0.3) is 0 Å². The number of hydrogen-bond acceptors (Lipinski definition) is 3. The van der Waals surface area contributed by atoms with Gasteiger partial charge < -0.3 is 10.2 Å². The molecule has 1 unspecified atom stereocenters. The summed E-state index contributed by atoms with van der Waals surface area (Å²) < 4.78 is 0. The fraction of sp³-hybridized carbons (Fsp3) is 0.467. The van der Waals surface area contributed by atoms with E-state index in [-0.39, 0.29) is 5.91 Å². The molecule has 108 valence electrons. The van der Waals surface area contributed by atoms with Crippen molar-refractivity contribution in [1.82, 2.24) is 15.5 Å². The quantitative estimate of drug-likeness (QED) is 0.871. The molecular weight excluding hydrogens is 254 g/mol. The molecule has 20 heavy (non-hydrogen) atoms. The van der Waals surface area contributed by atoms with Crippen molar-refractivity contribution < 1.29 is 9.59 Å². The van der Waals surface area contributed by atoms with Gasteiger partial charge in [-0.05, 0) is 24.4 Å². The molecule has 1 heterocycles. The molecule has 1 saturated heterocycles. The van der Waals surface area contributed by atoms with E-state index in [1.54, 1.807) is 0 Å². The van der Waals surface area contributed by atoms with Crippen molar-refractivity contribution in [2.24, 2.45) is 0 Å². The van der Waals surface area contributed by atoms with Crippen molar-refractivity contribution in [3.63, 3.8) is 0 Å². The number of carbonyl (C=O) groups excluding carboxylic acids is 2. The molecule has 5 heteroatoms. The fourth-order valence-electron chi connectivity index (χ4n) is 2.54. The van der Waals surface area contributed by atoms with E-state index in [0.717, 1.165) is 19.5 Å². The number of hydrogen-bond donors (Lipinski definition) is 2. The van der Waals surface area contributed by atoms with Crippen LogP contribution in [0.4, 0.5) is 4.79 Å². The Bertz CT molecular complexity index is 461. The molecule has 1 aromatic rings. The molecule has 5 nitrogen and oxygen atoms in total. The van der Waals surface area contributed by atoms with Gasteiger partial charge in [0.1, 0.15) is 0 Å². The van der Waals surface area contributed by atoms with Gasteiger partial charge in [-0.25, -0.2) is 4.79 Å². The minimum Gasteiger partial charge on any atom is -0.341 e. The smallest absolute Gasteiger partial charge is 0.321 e. The zero-order valence-electron chi connectivity index (χ0n) is 11.8. The van der Waals surface area contributed by atoms with Crippen LogP contribution in [-0.4, -0.2) is 43.5 Å². The van der Waals surface area contributed by atoms with Crippen molar-refractivity contribution in [2.75, 3.05) is 26.7 Å². The molecule has 3 amide bonds. The fourth-order valence-corrected chi connectivity index (χ4v) is 2.54. The Hall–Kier alpha value is -1.88. The average molecular weight is 275 g/mol. The van der Waals surface area contributed by atoms with Crippen molar-refractivity contribution in [3.8, 4) is 0 Å². The Balaban J connectivity index is 1.74. The second kappa shape index (κ2) is 7.05. The second-order valence-corrected chi connectivity index (χ2v) is 5.07. The molecule has 0 radical (unpaired) electrons. The van der Waals surface area contributed by atoms with Crippen molar-refractivity contribution >= 4 is 11.9 Å². The van der Waals surface area contributed by atoms with Crippen LogP contribution < -0.4 is 10.6 Å². The third kappa shape index (κ3) is 4.06. The SMILES string of the molecule is CNC(=O)NC(=O)CCN1CCC(c2ccccc2)C1. The lowest BCUT2D eigenvalue weighted by molar-refractivity contribution is -0.120. The summed E-state index contributed by atoms with van der Waals surface area (Å²) in [7, 11) is 1.49. The van der Waals surface area contributed by atoms with E-state index in [9.17, 15) is 9.59 Å². The summed E-state index contributed by atoms with van der Waals surface area (Å²) in [4.78, 5) is 24.8. The van der Waals surface area contributed by atoms with Crippen LogP contribution in [0, 0.1) is 0 Å². The van der Waals surface area contributed by atoms with Gasteiger partial charge >= 0.3 is 6.03 Å². The number of benzene rings is 1. The van der Waals surface area contributed by atoms with Gasteiger partial charge in [-0.1, -0.05) is 30.3 Å². The third-order valence-electron chi connectivity index (χ3n) is 3.68. The van der Waals surface area contributed by atoms with Gasteiger partial charge in [0.25, 0.3) is 0 Å². The molecule has 1 fully saturated rings. The predicted molar refractivity (Wildman–Crippen MR) is 77.5 cm³/mol. The summed E-state index contributed by atoms with van der Waals surface area (Å²) in [5.74, 6) is 0.325. The number of imide groups is 1. The molecule has 1 atom stereocenters. The maximum Gasteiger partial charge on any atom is 0.321 e. The average Bonchev–Trinajstić information content (AvgIpc) is 2.95. The molecular formula is C15H21N3O2. The Kier molecular flexibility index (Phi) is 5.12. The van der Waals surface area contributed by atoms with Crippen LogP contribution in [0.3, 0.4) is 0 Å². The Morgan fingerprint density at radius 2 is 2.05 bits per heavy atom. The van der Waals surface area contributed by atoms with Gasteiger partial charge in [-0.15, -0.1) is 0 Å². The van der Waals surface area contributed by atoms with Gasteiger partial charge in [0.15, 0.2) is 0 Å². The van der Waals surface area contributed by atoms with E-state index in [0.29, 0.717) is 18.9 Å². The van der Waals surface area contributed by atoms with Crippen LogP contribution in [0.5, 0.6) is 0 Å². The lowest BCUT2D eigenvalue weighted by atomic mass is 9.99. The lowest BCUT2D eigenvalue weighted by Crippen LogP contribution is -2.38. The molecule has 1 aliphatic heterocycles. The highest BCUT2D eigenvalue weighted by atomic mass is 16.2. The van der Waals surface area contributed by atoms with Crippen LogP contribution in [0.15, 0.2) is 30.3 Å². The minimum absolute atomic E-state index is 0.229. The van der Waals surface area contributed by atoms with Crippen molar-refractivity contribution in [2.45, 2.75) is 18.8 Å². The molecule has 1 aromatic carbocycles. The summed E-state index contributed by atoms with van der Waals surface area (Å²) in [6, 6.07) is 10.0. The summed E-state index contributed by atoms with van der Waals surface area (Å²) in [5, 5.41) is 4.65. The Morgan fingerprint density at radius 1 is 1.30 bits per heavy atom. The number of rotatable bonds is 4. The number of urea groups is 1. The van der Waals surface area contributed by atoms with Crippen LogP contribution in [-0.2, 0) is 4.79 Å². The molecule has 2 N–H and O–H groups in total. The zero-order valence-corrected chi connectivity index (χ0v) is 11.8. The molecule has 0 bridgehead atoms. The monoisotopic (exact) mass is 275 g/mol. The van der Waals surface area contributed by atoms with E-state index in [1.807, 2.05) is 6.07 Å². The number of carbonyl (C=O) groups is 2. The van der Waals surface area contributed by atoms with Gasteiger partial charge in [0.05, 0.1) is 0 Å². The van der Waals surface area contributed by atoms with E-state index >= 15 is 0 Å². The molecule has 0 saturated carbocycles. The van der Waals surface area contributed by atoms with E-state index in [4.69, 9.17) is 0 Å². The maximum atomic E-state index is 11.5. The highest BCUT2D eigenvalue weighted by Gasteiger charge is 2.23. The topological polar surface area (TPSA) is 61.4 Å². The van der Waals surface area contributed by atoms with E-state index in [2.05, 4.69) is 39.8 Å². The Morgan fingerprint density at radius 3 is 2.75 bits per heavy atom.